The van der Waals surface area contributed by atoms with Crippen molar-refractivity contribution >= 4 is 10.2 Å². The minimum Gasteiger partial charge on any atom is -0.394 e. The Morgan fingerprint density at radius 2 is 1.81 bits per heavy atom. The zero-order valence-electron chi connectivity index (χ0n) is 13.5. The van der Waals surface area contributed by atoms with E-state index in [9.17, 15) is 13.5 Å². The fourth-order valence-corrected chi connectivity index (χ4v) is 5.90. The number of piperidine rings is 1. The Morgan fingerprint density at radius 1 is 1.19 bits per heavy atom. The summed E-state index contributed by atoms with van der Waals surface area (Å²) in [6.45, 7) is 7.37. The van der Waals surface area contributed by atoms with Gasteiger partial charge < -0.3 is 5.11 Å². The molecule has 1 heterocycles. The number of hydrogen-bond acceptors (Lipinski definition) is 3. The highest BCUT2D eigenvalue weighted by molar-refractivity contribution is 7.87. The van der Waals surface area contributed by atoms with Gasteiger partial charge in [0.2, 0.25) is 0 Å². The summed E-state index contributed by atoms with van der Waals surface area (Å²) < 4.78 is 29.9. The minimum atomic E-state index is -3.52. The van der Waals surface area contributed by atoms with Gasteiger partial charge in [-0.1, -0.05) is 33.6 Å². The van der Waals surface area contributed by atoms with Gasteiger partial charge in [0.1, 0.15) is 0 Å². The monoisotopic (exact) mass is 318 g/mol. The summed E-state index contributed by atoms with van der Waals surface area (Å²) in [5, 5.41) is 9.78. The van der Waals surface area contributed by atoms with Crippen LogP contribution in [0.2, 0.25) is 0 Å². The van der Waals surface area contributed by atoms with E-state index in [0.29, 0.717) is 30.8 Å². The van der Waals surface area contributed by atoms with Crippen LogP contribution < -0.4 is 4.72 Å². The number of aliphatic hydroxyl groups excluding tert-OH is 1. The molecular formula is C15H30N2O3S. The van der Waals surface area contributed by atoms with Crippen LogP contribution in [0.25, 0.3) is 0 Å². The zero-order valence-corrected chi connectivity index (χ0v) is 14.3. The first kappa shape index (κ1) is 17.2. The quantitative estimate of drug-likeness (QED) is 0.829. The average molecular weight is 318 g/mol. The minimum absolute atomic E-state index is 0.116. The maximum absolute atomic E-state index is 12.7. The molecule has 2 N–H and O–H groups in total. The van der Waals surface area contributed by atoms with Crippen LogP contribution >= 0.6 is 0 Å². The SMILES string of the molecule is CC1CC(C)CN(S(=O)(=O)NC2(CO)CCCC(C)C2)C1. The van der Waals surface area contributed by atoms with Gasteiger partial charge in [-0.05, 0) is 37.0 Å². The lowest BCUT2D eigenvalue weighted by molar-refractivity contribution is 0.115. The van der Waals surface area contributed by atoms with Gasteiger partial charge in [0.15, 0.2) is 0 Å². The molecule has 2 rings (SSSR count). The third kappa shape index (κ3) is 4.18. The lowest BCUT2D eigenvalue weighted by Crippen LogP contribution is -2.59. The fraction of sp³-hybridized carbons (Fsp3) is 1.00. The molecule has 0 spiro atoms. The molecule has 1 saturated heterocycles. The van der Waals surface area contributed by atoms with Crippen molar-refractivity contribution in [1.29, 1.82) is 0 Å². The smallest absolute Gasteiger partial charge is 0.280 e. The number of nitrogens with zero attached hydrogens (tertiary/aromatic N) is 1. The summed E-state index contributed by atoms with van der Waals surface area (Å²) in [6.07, 6.45) is 4.61. The second-order valence-electron chi connectivity index (χ2n) is 7.51. The van der Waals surface area contributed by atoms with E-state index in [-0.39, 0.29) is 6.61 Å². The van der Waals surface area contributed by atoms with Gasteiger partial charge in [-0.15, -0.1) is 0 Å². The van der Waals surface area contributed by atoms with Gasteiger partial charge in [0.25, 0.3) is 10.2 Å². The van der Waals surface area contributed by atoms with E-state index in [0.717, 1.165) is 32.1 Å². The van der Waals surface area contributed by atoms with Crippen LogP contribution in [0, 0.1) is 17.8 Å². The molecular weight excluding hydrogens is 288 g/mol. The molecule has 4 unspecified atom stereocenters. The number of aliphatic hydroxyl groups is 1. The Hall–Kier alpha value is -0.170. The van der Waals surface area contributed by atoms with Crippen molar-refractivity contribution in [3.8, 4) is 0 Å². The van der Waals surface area contributed by atoms with E-state index >= 15 is 0 Å². The molecule has 5 nitrogen and oxygen atoms in total. The van der Waals surface area contributed by atoms with Gasteiger partial charge in [0.05, 0.1) is 12.1 Å². The van der Waals surface area contributed by atoms with Crippen molar-refractivity contribution in [1.82, 2.24) is 9.03 Å². The summed E-state index contributed by atoms with van der Waals surface area (Å²) >= 11 is 0. The van der Waals surface area contributed by atoms with Crippen molar-refractivity contribution < 1.29 is 13.5 Å². The van der Waals surface area contributed by atoms with Gasteiger partial charge in [-0.25, -0.2) is 0 Å². The summed E-state index contributed by atoms with van der Waals surface area (Å²) in [4.78, 5) is 0. The highest BCUT2D eigenvalue weighted by Gasteiger charge is 2.41. The molecule has 2 fully saturated rings. The molecule has 21 heavy (non-hydrogen) atoms. The lowest BCUT2D eigenvalue weighted by atomic mass is 9.78. The first-order chi connectivity index (χ1) is 9.76. The van der Waals surface area contributed by atoms with Crippen molar-refractivity contribution in [3.05, 3.63) is 0 Å². The molecule has 124 valence electrons. The molecule has 0 aromatic carbocycles. The molecule has 0 aromatic heterocycles. The van der Waals surface area contributed by atoms with Crippen molar-refractivity contribution in [3.63, 3.8) is 0 Å². The maximum Gasteiger partial charge on any atom is 0.280 e. The second kappa shape index (κ2) is 6.52. The van der Waals surface area contributed by atoms with Crippen LogP contribution in [0.5, 0.6) is 0 Å². The molecule has 1 saturated carbocycles. The molecule has 1 aliphatic heterocycles. The summed E-state index contributed by atoms with van der Waals surface area (Å²) in [5.41, 5.74) is -0.666. The van der Waals surface area contributed by atoms with E-state index in [1.807, 2.05) is 0 Å². The standard InChI is InChI=1S/C15H30N2O3S/c1-12-5-4-6-15(8-12,11-18)16-21(19,20)17-9-13(2)7-14(3)10-17/h12-14,16,18H,4-11H2,1-3H3. The van der Waals surface area contributed by atoms with E-state index in [4.69, 9.17) is 0 Å². The largest absolute Gasteiger partial charge is 0.394 e. The topological polar surface area (TPSA) is 69.6 Å². The zero-order chi connectivity index (χ0) is 15.7. The van der Waals surface area contributed by atoms with Gasteiger partial charge in [0, 0.05) is 13.1 Å². The fourth-order valence-electron chi connectivity index (χ4n) is 4.07. The molecule has 4 atom stereocenters. The van der Waals surface area contributed by atoms with E-state index in [2.05, 4.69) is 25.5 Å². The first-order valence-corrected chi connectivity index (χ1v) is 9.60. The number of hydrogen-bond donors (Lipinski definition) is 2. The predicted octanol–water partition coefficient (Wildman–Crippen LogP) is 1.74. The van der Waals surface area contributed by atoms with Crippen LogP contribution in [-0.2, 0) is 10.2 Å². The number of rotatable bonds is 4. The Balaban J connectivity index is 2.11. The first-order valence-electron chi connectivity index (χ1n) is 8.16. The summed E-state index contributed by atoms with van der Waals surface area (Å²) in [5.74, 6) is 1.23. The summed E-state index contributed by atoms with van der Waals surface area (Å²) in [6, 6.07) is 0. The Kier molecular flexibility index (Phi) is 5.34. The normalized spacial score (nSPS) is 39.3. The Bertz CT molecular complexity index is 444. The predicted molar refractivity (Wildman–Crippen MR) is 84.0 cm³/mol. The number of nitrogens with one attached hydrogen (secondary N) is 1. The maximum atomic E-state index is 12.7. The van der Waals surface area contributed by atoms with Gasteiger partial charge >= 0.3 is 0 Å². The van der Waals surface area contributed by atoms with Crippen LogP contribution in [0.1, 0.15) is 52.9 Å². The highest BCUT2D eigenvalue weighted by Crippen LogP contribution is 2.33. The van der Waals surface area contributed by atoms with Crippen molar-refractivity contribution in [2.24, 2.45) is 17.8 Å². The van der Waals surface area contributed by atoms with E-state index in [1.165, 1.54) is 0 Å². The van der Waals surface area contributed by atoms with Crippen molar-refractivity contribution in [2.75, 3.05) is 19.7 Å². The molecule has 0 bridgehead atoms. The van der Waals surface area contributed by atoms with Crippen molar-refractivity contribution in [2.45, 2.75) is 58.4 Å². The van der Waals surface area contributed by atoms with Crippen LogP contribution in [0.3, 0.4) is 0 Å². The Labute approximate surface area is 129 Å². The molecule has 0 aromatic rings. The van der Waals surface area contributed by atoms with Gasteiger partial charge in [-0.2, -0.15) is 17.4 Å². The molecule has 1 aliphatic carbocycles. The molecule has 2 aliphatic rings. The third-order valence-corrected chi connectivity index (χ3v) is 6.58. The van der Waals surface area contributed by atoms with Gasteiger partial charge in [-0.3, -0.25) is 0 Å². The Morgan fingerprint density at radius 3 is 2.33 bits per heavy atom. The molecule has 6 heteroatoms. The van der Waals surface area contributed by atoms with Crippen LogP contribution in [0.15, 0.2) is 0 Å². The average Bonchev–Trinajstić information content (AvgIpc) is 2.37. The molecule has 0 radical (unpaired) electrons. The second-order valence-corrected chi connectivity index (χ2v) is 9.18. The molecule has 0 amide bonds. The van der Waals surface area contributed by atoms with Crippen LogP contribution in [0.4, 0.5) is 0 Å². The van der Waals surface area contributed by atoms with E-state index < -0.39 is 15.7 Å². The third-order valence-electron chi connectivity index (χ3n) is 4.91. The lowest BCUT2D eigenvalue weighted by Gasteiger charge is -2.42. The van der Waals surface area contributed by atoms with E-state index in [1.54, 1.807) is 4.31 Å². The van der Waals surface area contributed by atoms with Crippen LogP contribution in [-0.4, -0.2) is 43.1 Å². The summed E-state index contributed by atoms with van der Waals surface area (Å²) in [7, 11) is -3.52. The highest BCUT2D eigenvalue weighted by atomic mass is 32.2.